The molecule has 25 heavy (non-hydrogen) atoms. The maximum absolute atomic E-state index is 13.7. The van der Waals surface area contributed by atoms with E-state index in [-0.39, 0.29) is 17.8 Å². The Bertz CT molecular complexity index is 744. The predicted molar refractivity (Wildman–Crippen MR) is 94.8 cm³/mol. The second kappa shape index (κ2) is 8.05. The van der Waals surface area contributed by atoms with Gasteiger partial charge in [-0.25, -0.2) is 14.4 Å². The van der Waals surface area contributed by atoms with E-state index in [0.717, 1.165) is 25.7 Å². The summed E-state index contributed by atoms with van der Waals surface area (Å²) in [7, 11) is 0. The van der Waals surface area contributed by atoms with Crippen LogP contribution in [0.15, 0.2) is 30.3 Å². The number of amides is 1. The van der Waals surface area contributed by atoms with Gasteiger partial charge < -0.3 is 10.6 Å². The lowest BCUT2D eigenvalue weighted by molar-refractivity contribution is 0.0922. The van der Waals surface area contributed by atoms with Crippen molar-refractivity contribution in [2.45, 2.75) is 51.6 Å². The molecule has 132 valence electrons. The van der Waals surface area contributed by atoms with Gasteiger partial charge in [0.25, 0.3) is 5.91 Å². The number of carbonyl (C=O) groups is 1. The minimum atomic E-state index is -0.268. The molecule has 5 nitrogen and oxygen atoms in total. The number of hydrogen-bond acceptors (Lipinski definition) is 4. The molecular weight excluding hydrogens is 319 g/mol. The zero-order valence-corrected chi connectivity index (χ0v) is 14.4. The molecule has 0 bridgehead atoms. The lowest BCUT2D eigenvalue weighted by Crippen LogP contribution is -2.36. The molecule has 1 aliphatic rings. The van der Waals surface area contributed by atoms with E-state index < -0.39 is 0 Å². The van der Waals surface area contributed by atoms with Gasteiger partial charge in [-0.2, -0.15) is 0 Å². The van der Waals surface area contributed by atoms with Gasteiger partial charge in [0.1, 0.15) is 23.2 Å². The molecule has 6 heteroatoms. The van der Waals surface area contributed by atoms with Crippen molar-refractivity contribution in [3.8, 4) is 0 Å². The van der Waals surface area contributed by atoms with Crippen LogP contribution in [0.4, 0.5) is 10.2 Å². The highest BCUT2D eigenvalue weighted by molar-refractivity contribution is 5.93. The van der Waals surface area contributed by atoms with Crippen molar-refractivity contribution in [3.63, 3.8) is 0 Å². The van der Waals surface area contributed by atoms with Crippen LogP contribution < -0.4 is 10.6 Å². The number of carbonyl (C=O) groups excluding carboxylic acids is 1. The summed E-state index contributed by atoms with van der Waals surface area (Å²) >= 11 is 0. The molecule has 0 radical (unpaired) electrons. The molecule has 0 spiro atoms. The average Bonchev–Trinajstić information content (AvgIpc) is 2.61. The number of nitrogens with zero attached hydrogens (tertiary/aromatic N) is 2. The fourth-order valence-corrected chi connectivity index (χ4v) is 3.11. The maximum atomic E-state index is 13.7. The van der Waals surface area contributed by atoms with Crippen molar-refractivity contribution in [3.05, 3.63) is 53.2 Å². The van der Waals surface area contributed by atoms with Crippen molar-refractivity contribution >= 4 is 11.7 Å². The average molecular weight is 342 g/mol. The molecule has 1 aromatic carbocycles. The fourth-order valence-electron chi connectivity index (χ4n) is 3.11. The molecule has 0 unspecified atom stereocenters. The van der Waals surface area contributed by atoms with Crippen LogP contribution in [0.5, 0.6) is 0 Å². The first-order valence-corrected chi connectivity index (χ1v) is 8.75. The molecule has 1 aromatic heterocycles. The van der Waals surface area contributed by atoms with Gasteiger partial charge in [-0.3, -0.25) is 4.79 Å². The van der Waals surface area contributed by atoms with Crippen LogP contribution in [-0.4, -0.2) is 21.9 Å². The largest absolute Gasteiger partial charge is 0.366 e. The SMILES string of the molecule is Cc1nc(NCc2ccccc2F)cc(C(=O)NC2CCCCC2)n1. The molecule has 3 rings (SSSR count). The summed E-state index contributed by atoms with van der Waals surface area (Å²) in [5.74, 6) is 0.583. The zero-order valence-electron chi connectivity index (χ0n) is 14.4. The second-order valence-electron chi connectivity index (χ2n) is 6.44. The Morgan fingerprint density at radius 2 is 1.96 bits per heavy atom. The number of rotatable bonds is 5. The van der Waals surface area contributed by atoms with Crippen LogP contribution in [-0.2, 0) is 6.54 Å². The predicted octanol–water partition coefficient (Wildman–Crippen LogP) is 3.60. The van der Waals surface area contributed by atoms with Crippen LogP contribution in [0.3, 0.4) is 0 Å². The van der Waals surface area contributed by atoms with Gasteiger partial charge in [0.05, 0.1) is 0 Å². The first kappa shape index (κ1) is 17.3. The van der Waals surface area contributed by atoms with Crippen molar-refractivity contribution < 1.29 is 9.18 Å². The van der Waals surface area contributed by atoms with Gasteiger partial charge in [0.2, 0.25) is 0 Å². The summed E-state index contributed by atoms with van der Waals surface area (Å²) in [5, 5.41) is 6.13. The minimum absolute atomic E-state index is 0.175. The van der Waals surface area contributed by atoms with Crippen molar-refractivity contribution in [1.29, 1.82) is 0 Å². The second-order valence-corrected chi connectivity index (χ2v) is 6.44. The number of nitrogens with one attached hydrogen (secondary N) is 2. The van der Waals surface area contributed by atoms with Crippen molar-refractivity contribution in [1.82, 2.24) is 15.3 Å². The normalized spacial score (nSPS) is 15.0. The van der Waals surface area contributed by atoms with E-state index >= 15 is 0 Å². The summed E-state index contributed by atoms with van der Waals surface area (Å²) in [5.41, 5.74) is 0.890. The van der Waals surface area contributed by atoms with Gasteiger partial charge in [-0.1, -0.05) is 37.5 Å². The third-order valence-corrected chi connectivity index (χ3v) is 4.43. The maximum Gasteiger partial charge on any atom is 0.270 e. The molecule has 1 fully saturated rings. The summed E-state index contributed by atoms with van der Waals surface area (Å²) in [6, 6.07) is 8.42. The smallest absolute Gasteiger partial charge is 0.270 e. The molecule has 1 saturated carbocycles. The molecule has 2 N–H and O–H groups in total. The number of benzene rings is 1. The first-order valence-electron chi connectivity index (χ1n) is 8.75. The molecule has 0 atom stereocenters. The van der Waals surface area contributed by atoms with Gasteiger partial charge in [-0.15, -0.1) is 0 Å². The van der Waals surface area contributed by atoms with Crippen LogP contribution in [0.2, 0.25) is 0 Å². The van der Waals surface area contributed by atoms with Crippen LogP contribution in [0, 0.1) is 12.7 Å². The molecule has 0 saturated heterocycles. The zero-order chi connectivity index (χ0) is 17.6. The first-order chi connectivity index (χ1) is 12.1. The number of aryl methyl sites for hydroxylation is 1. The van der Waals surface area contributed by atoms with Crippen molar-refractivity contribution in [2.24, 2.45) is 0 Å². The summed E-state index contributed by atoms with van der Waals surface area (Å²) in [6.45, 7) is 2.04. The molecule has 1 amide bonds. The molecule has 1 heterocycles. The van der Waals surface area contributed by atoms with E-state index in [4.69, 9.17) is 0 Å². The van der Waals surface area contributed by atoms with E-state index in [1.54, 1.807) is 31.2 Å². The van der Waals surface area contributed by atoms with Gasteiger partial charge in [0.15, 0.2) is 0 Å². The Hall–Kier alpha value is -2.50. The molecule has 1 aliphatic carbocycles. The Balaban J connectivity index is 1.67. The number of hydrogen-bond donors (Lipinski definition) is 2. The highest BCUT2D eigenvalue weighted by Gasteiger charge is 2.18. The van der Waals surface area contributed by atoms with Gasteiger partial charge in [-0.05, 0) is 25.8 Å². The third kappa shape index (κ3) is 4.75. The molecule has 0 aliphatic heterocycles. The highest BCUT2D eigenvalue weighted by atomic mass is 19.1. The number of aromatic nitrogens is 2. The lowest BCUT2D eigenvalue weighted by Gasteiger charge is -2.22. The molecular formula is C19H23FN4O. The molecule has 2 aromatic rings. The Kier molecular flexibility index (Phi) is 5.58. The van der Waals surface area contributed by atoms with Gasteiger partial charge >= 0.3 is 0 Å². The summed E-state index contributed by atoms with van der Waals surface area (Å²) in [6.07, 6.45) is 5.60. The van der Waals surface area contributed by atoms with E-state index in [2.05, 4.69) is 20.6 Å². The van der Waals surface area contributed by atoms with E-state index in [1.165, 1.54) is 12.5 Å². The Morgan fingerprint density at radius 1 is 1.20 bits per heavy atom. The minimum Gasteiger partial charge on any atom is -0.366 e. The number of anilines is 1. The van der Waals surface area contributed by atoms with Crippen LogP contribution in [0.1, 0.15) is 54.0 Å². The lowest BCUT2D eigenvalue weighted by atomic mass is 9.95. The van der Waals surface area contributed by atoms with E-state index in [1.807, 2.05) is 0 Å². The topological polar surface area (TPSA) is 66.9 Å². The van der Waals surface area contributed by atoms with E-state index in [9.17, 15) is 9.18 Å². The monoisotopic (exact) mass is 342 g/mol. The standard InChI is InChI=1S/C19H23FN4O/c1-13-22-17(19(25)24-15-8-3-2-4-9-15)11-18(23-13)21-12-14-7-5-6-10-16(14)20/h5-7,10-11,15H,2-4,8-9,12H2,1H3,(H,24,25)(H,21,22,23). The summed E-state index contributed by atoms with van der Waals surface area (Å²) < 4.78 is 13.7. The highest BCUT2D eigenvalue weighted by Crippen LogP contribution is 2.18. The third-order valence-electron chi connectivity index (χ3n) is 4.43. The Labute approximate surface area is 147 Å². The van der Waals surface area contributed by atoms with Crippen molar-refractivity contribution in [2.75, 3.05) is 5.32 Å². The van der Waals surface area contributed by atoms with Crippen LogP contribution in [0.25, 0.3) is 0 Å². The Morgan fingerprint density at radius 3 is 2.72 bits per heavy atom. The van der Waals surface area contributed by atoms with E-state index in [0.29, 0.717) is 29.4 Å². The quantitative estimate of drug-likeness (QED) is 0.871. The fraction of sp³-hybridized carbons (Fsp3) is 0.421. The number of halogens is 1. The van der Waals surface area contributed by atoms with Gasteiger partial charge in [0, 0.05) is 24.2 Å². The van der Waals surface area contributed by atoms with Crippen LogP contribution >= 0.6 is 0 Å². The summed E-state index contributed by atoms with van der Waals surface area (Å²) in [4.78, 5) is 21.0.